The molecule has 4 nitrogen and oxygen atoms in total. The highest BCUT2D eigenvalue weighted by molar-refractivity contribution is 6.33. The fourth-order valence-corrected chi connectivity index (χ4v) is 4.25. The van der Waals surface area contributed by atoms with Gasteiger partial charge >= 0.3 is 0 Å². The van der Waals surface area contributed by atoms with E-state index in [1.54, 1.807) is 0 Å². The van der Waals surface area contributed by atoms with Gasteiger partial charge in [-0.2, -0.15) is 0 Å². The van der Waals surface area contributed by atoms with Crippen LogP contribution in [0.5, 0.6) is 0 Å². The molecule has 0 N–H and O–H groups in total. The molecule has 2 atom stereocenters. The molecule has 1 saturated carbocycles. The van der Waals surface area contributed by atoms with Gasteiger partial charge in [-0.05, 0) is 30.1 Å². The maximum Gasteiger partial charge on any atom is 0.165 e. The lowest BCUT2D eigenvalue weighted by molar-refractivity contribution is 0.150. The molecule has 2 heterocycles. The van der Waals surface area contributed by atoms with Crippen molar-refractivity contribution in [3.63, 3.8) is 0 Å². The number of halogens is 1. The summed E-state index contributed by atoms with van der Waals surface area (Å²) < 4.78 is 2.20. The predicted molar refractivity (Wildman–Crippen MR) is 80.7 cm³/mol. The topological polar surface area (TPSA) is 43.6 Å². The standard InChI is InChI=1S/C15H21ClN4/c1-9(2)10-5-6-11(15(10,3)4)20-8-19-12-13(16)17-7-18-14(12)20/h7-11H,5-6H2,1-4H3. The number of imidazole rings is 1. The Kier molecular flexibility index (Phi) is 3.24. The average molecular weight is 293 g/mol. The summed E-state index contributed by atoms with van der Waals surface area (Å²) in [7, 11) is 0. The molecule has 2 aromatic heterocycles. The number of nitrogens with zero attached hydrogens (tertiary/aromatic N) is 4. The zero-order valence-corrected chi connectivity index (χ0v) is 13.2. The van der Waals surface area contributed by atoms with Crippen LogP contribution in [0.3, 0.4) is 0 Å². The third-order valence-corrected chi connectivity index (χ3v) is 5.30. The fraction of sp³-hybridized carbons (Fsp3) is 0.667. The SMILES string of the molecule is CC(C)C1CCC(n2cnc3c(Cl)ncnc32)C1(C)C. The zero-order valence-electron chi connectivity index (χ0n) is 12.5. The van der Waals surface area contributed by atoms with Crippen molar-refractivity contribution < 1.29 is 0 Å². The Hall–Kier alpha value is -1.16. The summed E-state index contributed by atoms with van der Waals surface area (Å²) in [6, 6.07) is 0.422. The molecule has 0 radical (unpaired) electrons. The first-order valence-electron chi connectivity index (χ1n) is 7.26. The highest BCUT2D eigenvalue weighted by Gasteiger charge is 2.45. The smallest absolute Gasteiger partial charge is 0.165 e. The Morgan fingerprint density at radius 2 is 2.00 bits per heavy atom. The summed E-state index contributed by atoms with van der Waals surface area (Å²) in [5, 5.41) is 0.435. The molecule has 0 aliphatic heterocycles. The number of aromatic nitrogens is 4. The monoisotopic (exact) mass is 292 g/mol. The van der Waals surface area contributed by atoms with Crippen LogP contribution in [0.2, 0.25) is 5.15 Å². The van der Waals surface area contributed by atoms with Crippen LogP contribution in [0.25, 0.3) is 11.2 Å². The van der Waals surface area contributed by atoms with E-state index in [0.717, 1.165) is 11.6 Å². The molecule has 0 saturated heterocycles. The molecule has 0 amide bonds. The van der Waals surface area contributed by atoms with Crippen molar-refractivity contribution in [1.82, 2.24) is 19.5 Å². The first-order valence-corrected chi connectivity index (χ1v) is 7.63. The maximum absolute atomic E-state index is 6.10. The van der Waals surface area contributed by atoms with Gasteiger partial charge in [0.25, 0.3) is 0 Å². The molecule has 1 aliphatic carbocycles. The molecule has 20 heavy (non-hydrogen) atoms. The average Bonchev–Trinajstić information content (AvgIpc) is 2.90. The minimum absolute atomic E-state index is 0.235. The minimum Gasteiger partial charge on any atom is -0.311 e. The number of hydrogen-bond acceptors (Lipinski definition) is 3. The summed E-state index contributed by atoms with van der Waals surface area (Å²) in [6.45, 7) is 9.37. The molecule has 108 valence electrons. The molecule has 3 rings (SSSR count). The highest BCUT2D eigenvalue weighted by atomic mass is 35.5. The summed E-state index contributed by atoms with van der Waals surface area (Å²) in [4.78, 5) is 12.8. The van der Waals surface area contributed by atoms with Crippen LogP contribution in [0.1, 0.15) is 46.6 Å². The van der Waals surface area contributed by atoms with Crippen LogP contribution >= 0.6 is 11.6 Å². The van der Waals surface area contributed by atoms with Crippen molar-refractivity contribution in [1.29, 1.82) is 0 Å². The van der Waals surface area contributed by atoms with Gasteiger partial charge in [-0.1, -0.05) is 39.3 Å². The van der Waals surface area contributed by atoms with Crippen LogP contribution in [-0.2, 0) is 0 Å². The van der Waals surface area contributed by atoms with Crippen molar-refractivity contribution in [2.24, 2.45) is 17.3 Å². The minimum atomic E-state index is 0.235. The quantitative estimate of drug-likeness (QED) is 0.782. The predicted octanol–water partition coefficient (Wildman–Crippen LogP) is 4.11. The Labute approximate surface area is 124 Å². The van der Waals surface area contributed by atoms with Crippen molar-refractivity contribution in [2.75, 3.05) is 0 Å². The van der Waals surface area contributed by atoms with Crippen molar-refractivity contribution in [3.8, 4) is 0 Å². The van der Waals surface area contributed by atoms with E-state index in [1.165, 1.54) is 19.2 Å². The van der Waals surface area contributed by atoms with Gasteiger partial charge in [0, 0.05) is 6.04 Å². The summed E-state index contributed by atoms with van der Waals surface area (Å²) in [6.07, 6.45) is 5.82. The summed E-state index contributed by atoms with van der Waals surface area (Å²) in [5.74, 6) is 1.42. The number of rotatable bonds is 2. The molecular weight excluding hydrogens is 272 g/mol. The second-order valence-electron chi connectivity index (χ2n) is 6.75. The van der Waals surface area contributed by atoms with Gasteiger partial charge in [0.15, 0.2) is 10.8 Å². The van der Waals surface area contributed by atoms with Crippen LogP contribution in [0.4, 0.5) is 0 Å². The lowest BCUT2D eigenvalue weighted by atomic mass is 9.73. The first-order chi connectivity index (χ1) is 9.43. The number of hydrogen-bond donors (Lipinski definition) is 0. The molecule has 2 aromatic rings. The van der Waals surface area contributed by atoms with E-state index in [4.69, 9.17) is 11.6 Å². The largest absolute Gasteiger partial charge is 0.311 e. The zero-order chi connectivity index (χ0) is 14.5. The molecule has 1 fully saturated rings. The third kappa shape index (κ3) is 1.93. The Morgan fingerprint density at radius 1 is 1.25 bits per heavy atom. The molecule has 0 aromatic carbocycles. The molecule has 1 aliphatic rings. The van der Waals surface area contributed by atoms with E-state index in [-0.39, 0.29) is 5.41 Å². The van der Waals surface area contributed by atoms with Crippen molar-refractivity contribution >= 4 is 22.8 Å². The van der Waals surface area contributed by atoms with E-state index in [9.17, 15) is 0 Å². The number of fused-ring (bicyclic) bond motifs is 1. The van der Waals surface area contributed by atoms with Crippen LogP contribution < -0.4 is 0 Å². The van der Waals surface area contributed by atoms with Gasteiger partial charge < -0.3 is 4.57 Å². The summed E-state index contributed by atoms with van der Waals surface area (Å²) in [5.41, 5.74) is 1.80. The summed E-state index contributed by atoms with van der Waals surface area (Å²) >= 11 is 6.10. The van der Waals surface area contributed by atoms with E-state index >= 15 is 0 Å². The molecule has 0 spiro atoms. The lowest BCUT2D eigenvalue weighted by Gasteiger charge is -2.36. The third-order valence-electron chi connectivity index (χ3n) is 5.02. The highest BCUT2D eigenvalue weighted by Crippen LogP contribution is 2.53. The Balaban J connectivity index is 2.06. The molecule has 0 bridgehead atoms. The second kappa shape index (κ2) is 4.69. The maximum atomic E-state index is 6.10. The van der Waals surface area contributed by atoms with Crippen molar-refractivity contribution in [2.45, 2.75) is 46.6 Å². The van der Waals surface area contributed by atoms with E-state index in [1.807, 2.05) is 6.33 Å². The van der Waals surface area contributed by atoms with E-state index in [2.05, 4.69) is 47.2 Å². The molecule has 2 unspecified atom stereocenters. The van der Waals surface area contributed by atoms with E-state index in [0.29, 0.717) is 22.6 Å². The van der Waals surface area contributed by atoms with Gasteiger partial charge in [-0.3, -0.25) is 0 Å². The normalized spacial score (nSPS) is 25.7. The van der Waals surface area contributed by atoms with Gasteiger partial charge in [-0.15, -0.1) is 0 Å². The van der Waals surface area contributed by atoms with Crippen molar-refractivity contribution in [3.05, 3.63) is 17.8 Å². The second-order valence-corrected chi connectivity index (χ2v) is 7.11. The first kappa shape index (κ1) is 13.8. The van der Waals surface area contributed by atoms with E-state index < -0.39 is 0 Å². The Bertz CT molecular complexity index is 632. The fourth-order valence-electron chi connectivity index (χ4n) is 4.07. The van der Waals surface area contributed by atoms with Gasteiger partial charge in [0.1, 0.15) is 11.8 Å². The molecular formula is C15H21ClN4. The Morgan fingerprint density at radius 3 is 2.65 bits per heavy atom. The molecule has 5 heteroatoms. The van der Waals surface area contributed by atoms with Gasteiger partial charge in [0.2, 0.25) is 0 Å². The lowest BCUT2D eigenvalue weighted by Crippen LogP contribution is -2.30. The van der Waals surface area contributed by atoms with Crippen LogP contribution in [-0.4, -0.2) is 19.5 Å². The van der Waals surface area contributed by atoms with Gasteiger partial charge in [-0.25, -0.2) is 15.0 Å². The van der Waals surface area contributed by atoms with Crippen LogP contribution in [0.15, 0.2) is 12.7 Å². The van der Waals surface area contributed by atoms with Gasteiger partial charge in [0.05, 0.1) is 6.33 Å². The van der Waals surface area contributed by atoms with Crippen LogP contribution in [0, 0.1) is 17.3 Å².